The topological polar surface area (TPSA) is 65.1 Å². The monoisotopic (exact) mass is 427 g/mol. The fraction of sp³-hybridized carbons (Fsp3) is 0.600. The molecule has 0 radical (unpaired) electrons. The Morgan fingerprint density at radius 2 is 1.97 bits per heavy atom. The molecule has 0 aromatic heterocycles. The molecule has 6 heteroatoms. The number of hydrogen-bond acceptors (Lipinski definition) is 5. The molecule has 1 amide bonds. The number of hydrogen-bond donors (Lipinski definition) is 0. The quantitative estimate of drug-likeness (QED) is 0.553. The zero-order chi connectivity index (χ0) is 21.8. The van der Waals surface area contributed by atoms with Crippen molar-refractivity contribution in [2.75, 3.05) is 26.4 Å². The van der Waals surface area contributed by atoms with E-state index in [4.69, 9.17) is 14.2 Å². The van der Waals surface area contributed by atoms with Crippen molar-refractivity contribution in [1.82, 2.24) is 4.90 Å². The molecule has 3 unspecified atom stereocenters. The Bertz CT molecular complexity index is 848. The first-order chi connectivity index (χ1) is 15.2. The second-order valence-corrected chi connectivity index (χ2v) is 8.53. The summed E-state index contributed by atoms with van der Waals surface area (Å²) in [6, 6.07) is 7.35. The summed E-state index contributed by atoms with van der Waals surface area (Å²) in [6.07, 6.45) is 5.23. The Balaban J connectivity index is 1.67. The molecule has 0 N–H and O–H groups in total. The molecular formula is C25H33NO5. The van der Waals surface area contributed by atoms with E-state index in [1.165, 1.54) is 0 Å². The number of ketones is 1. The summed E-state index contributed by atoms with van der Waals surface area (Å²) in [5.41, 5.74) is 1.44. The van der Waals surface area contributed by atoms with E-state index in [1.807, 2.05) is 31.2 Å². The van der Waals surface area contributed by atoms with Gasteiger partial charge in [-0.2, -0.15) is 0 Å². The first-order valence-corrected chi connectivity index (χ1v) is 11.7. The van der Waals surface area contributed by atoms with Gasteiger partial charge in [0.05, 0.1) is 24.1 Å². The highest BCUT2D eigenvalue weighted by molar-refractivity contribution is 6.11. The highest BCUT2D eigenvalue weighted by Crippen LogP contribution is 2.47. The van der Waals surface area contributed by atoms with E-state index in [1.54, 1.807) is 4.90 Å². The minimum Gasteiger partial charge on any atom is -0.494 e. The van der Waals surface area contributed by atoms with Crippen LogP contribution >= 0.6 is 0 Å². The van der Waals surface area contributed by atoms with Gasteiger partial charge >= 0.3 is 0 Å². The molecule has 1 aromatic carbocycles. The summed E-state index contributed by atoms with van der Waals surface area (Å²) in [5, 5.41) is 0. The number of carbonyl (C=O) groups is 2. The van der Waals surface area contributed by atoms with Gasteiger partial charge in [-0.25, -0.2) is 0 Å². The second-order valence-electron chi connectivity index (χ2n) is 8.53. The molecule has 2 heterocycles. The molecule has 168 valence electrons. The smallest absolute Gasteiger partial charge is 0.290 e. The largest absolute Gasteiger partial charge is 0.494 e. The van der Waals surface area contributed by atoms with Crippen LogP contribution in [0, 0.1) is 5.92 Å². The molecule has 3 aliphatic rings. The molecule has 3 atom stereocenters. The molecule has 1 saturated carbocycles. The van der Waals surface area contributed by atoms with Gasteiger partial charge in [0.15, 0.2) is 11.5 Å². The number of carbonyl (C=O) groups excluding carboxylic acids is 2. The summed E-state index contributed by atoms with van der Waals surface area (Å²) < 4.78 is 17.5. The molecule has 1 aromatic rings. The average molecular weight is 428 g/mol. The SMILES string of the molecule is CCCOc1cccc(C2C3=C(OC4CCCCC4C3=O)C(=O)N2CCCOCC)c1. The van der Waals surface area contributed by atoms with Gasteiger partial charge in [0.2, 0.25) is 0 Å². The first-order valence-electron chi connectivity index (χ1n) is 11.7. The average Bonchev–Trinajstić information content (AvgIpc) is 3.07. The van der Waals surface area contributed by atoms with Gasteiger partial charge in [-0.1, -0.05) is 25.5 Å². The van der Waals surface area contributed by atoms with E-state index in [0.717, 1.165) is 43.4 Å². The molecule has 1 aliphatic carbocycles. The lowest BCUT2D eigenvalue weighted by Crippen LogP contribution is -2.39. The van der Waals surface area contributed by atoms with Crippen LogP contribution in [0.15, 0.2) is 35.6 Å². The van der Waals surface area contributed by atoms with Crippen LogP contribution in [0.5, 0.6) is 5.75 Å². The maximum Gasteiger partial charge on any atom is 0.290 e. The Morgan fingerprint density at radius 1 is 1.13 bits per heavy atom. The van der Waals surface area contributed by atoms with Crippen LogP contribution in [0.2, 0.25) is 0 Å². The number of Topliss-reactive ketones (excluding diaryl/α,β-unsaturated/α-hetero) is 1. The summed E-state index contributed by atoms with van der Waals surface area (Å²) in [7, 11) is 0. The molecular weight excluding hydrogens is 394 g/mol. The maximum atomic E-state index is 13.6. The molecule has 0 bridgehead atoms. The van der Waals surface area contributed by atoms with Gasteiger partial charge in [-0.15, -0.1) is 0 Å². The van der Waals surface area contributed by atoms with Crippen LogP contribution in [0.3, 0.4) is 0 Å². The van der Waals surface area contributed by atoms with Gasteiger partial charge in [0.25, 0.3) is 5.91 Å². The molecule has 0 spiro atoms. The summed E-state index contributed by atoms with van der Waals surface area (Å²) in [5.74, 6) is 0.820. The van der Waals surface area contributed by atoms with Crippen molar-refractivity contribution in [2.45, 2.75) is 64.5 Å². The van der Waals surface area contributed by atoms with Crippen LogP contribution < -0.4 is 4.74 Å². The molecule has 31 heavy (non-hydrogen) atoms. The van der Waals surface area contributed by atoms with Crippen molar-refractivity contribution in [3.8, 4) is 5.75 Å². The number of ether oxygens (including phenoxy) is 3. The number of rotatable bonds is 9. The fourth-order valence-electron chi connectivity index (χ4n) is 4.95. The lowest BCUT2D eigenvalue weighted by molar-refractivity contribution is -0.135. The van der Waals surface area contributed by atoms with E-state index in [-0.39, 0.29) is 29.5 Å². The number of fused-ring (bicyclic) bond motifs is 1. The molecule has 6 nitrogen and oxygen atoms in total. The van der Waals surface area contributed by atoms with Crippen LogP contribution in [0.25, 0.3) is 0 Å². The lowest BCUT2D eigenvalue weighted by atomic mass is 9.77. The van der Waals surface area contributed by atoms with Crippen molar-refractivity contribution in [3.05, 3.63) is 41.2 Å². The molecule has 2 aliphatic heterocycles. The van der Waals surface area contributed by atoms with Crippen LogP contribution in [-0.2, 0) is 19.1 Å². The van der Waals surface area contributed by atoms with Crippen LogP contribution in [0.1, 0.15) is 64.0 Å². The predicted octanol–water partition coefficient (Wildman–Crippen LogP) is 4.20. The highest BCUT2D eigenvalue weighted by atomic mass is 16.5. The summed E-state index contributed by atoms with van der Waals surface area (Å²) >= 11 is 0. The Morgan fingerprint density at radius 3 is 2.77 bits per heavy atom. The number of nitrogens with zero attached hydrogens (tertiary/aromatic N) is 1. The summed E-state index contributed by atoms with van der Waals surface area (Å²) in [6.45, 7) is 6.40. The minimum atomic E-state index is -0.426. The fourth-order valence-corrected chi connectivity index (χ4v) is 4.95. The minimum absolute atomic E-state index is 0.0940. The van der Waals surface area contributed by atoms with Gasteiger partial charge in [0.1, 0.15) is 11.9 Å². The van der Waals surface area contributed by atoms with Crippen molar-refractivity contribution < 1.29 is 23.8 Å². The van der Waals surface area contributed by atoms with E-state index < -0.39 is 6.04 Å². The van der Waals surface area contributed by atoms with E-state index in [9.17, 15) is 9.59 Å². The second kappa shape index (κ2) is 9.86. The third-order valence-electron chi connectivity index (χ3n) is 6.40. The third-order valence-corrected chi connectivity index (χ3v) is 6.40. The van der Waals surface area contributed by atoms with E-state index in [2.05, 4.69) is 6.92 Å². The first kappa shape index (κ1) is 21.9. The number of amides is 1. The Kier molecular flexibility index (Phi) is 6.96. The zero-order valence-corrected chi connectivity index (χ0v) is 18.6. The normalized spacial score (nSPS) is 25.4. The van der Waals surface area contributed by atoms with Gasteiger partial charge in [0, 0.05) is 19.8 Å². The van der Waals surface area contributed by atoms with Gasteiger partial charge < -0.3 is 19.1 Å². The van der Waals surface area contributed by atoms with Crippen LogP contribution in [0.4, 0.5) is 0 Å². The van der Waals surface area contributed by atoms with Crippen molar-refractivity contribution in [3.63, 3.8) is 0 Å². The predicted molar refractivity (Wildman–Crippen MR) is 117 cm³/mol. The standard InChI is InChI=1S/C25H33NO5/c1-3-14-30-18-10-7-9-17(16-18)22-21-23(27)19-11-5-6-12-20(19)31-24(21)25(28)26(22)13-8-15-29-4-2/h7,9-10,16,19-20,22H,3-6,8,11-15H2,1-2H3. The van der Waals surface area contributed by atoms with Gasteiger partial charge in [-0.3, -0.25) is 9.59 Å². The third kappa shape index (κ3) is 4.36. The van der Waals surface area contributed by atoms with Gasteiger partial charge in [-0.05, 0) is 56.7 Å². The Labute approximate surface area is 184 Å². The molecule has 0 saturated heterocycles. The zero-order valence-electron chi connectivity index (χ0n) is 18.6. The maximum absolute atomic E-state index is 13.6. The highest BCUT2D eigenvalue weighted by Gasteiger charge is 2.51. The summed E-state index contributed by atoms with van der Waals surface area (Å²) in [4.78, 5) is 28.7. The van der Waals surface area contributed by atoms with Crippen LogP contribution in [-0.4, -0.2) is 49.1 Å². The molecule has 4 rings (SSSR count). The van der Waals surface area contributed by atoms with Crippen molar-refractivity contribution in [1.29, 1.82) is 0 Å². The van der Waals surface area contributed by atoms with E-state index >= 15 is 0 Å². The molecule has 1 fully saturated rings. The lowest BCUT2D eigenvalue weighted by Gasteiger charge is -2.35. The van der Waals surface area contributed by atoms with E-state index in [0.29, 0.717) is 38.4 Å². The van der Waals surface area contributed by atoms with Crippen molar-refractivity contribution in [2.24, 2.45) is 5.92 Å². The van der Waals surface area contributed by atoms with Crippen molar-refractivity contribution >= 4 is 11.7 Å². The Hall–Kier alpha value is -2.34. The number of benzene rings is 1.